The second-order valence-electron chi connectivity index (χ2n) is 6.03. The molecule has 0 N–H and O–H groups in total. The third-order valence-corrected chi connectivity index (χ3v) is 5.73. The first-order chi connectivity index (χ1) is 11.7. The Labute approximate surface area is 145 Å². The highest BCUT2D eigenvalue weighted by Crippen LogP contribution is 2.21. The Morgan fingerprint density at radius 3 is 2.50 bits per heavy atom. The van der Waals surface area contributed by atoms with Crippen molar-refractivity contribution in [2.24, 2.45) is 14.1 Å². The van der Waals surface area contributed by atoms with Crippen LogP contribution in [-0.4, -0.2) is 0 Å². The van der Waals surface area contributed by atoms with Gasteiger partial charge >= 0.3 is 0 Å². The Kier molecular flexibility index (Phi) is 3.87. The predicted octanol–water partition coefficient (Wildman–Crippen LogP) is 3.96. The molecule has 2 aromatic carbocycles. The Morgan fingerprint density at radius 2 is 1.67 bits per heavy atom. The molecule has 0 aliphatic carbocycles. The molecule has 0 aliphatic rings. The lowest BCUT2D eigenvalue weighted by atomic mass is 10.1. The third-order valence-electron chi connectivity index (χ3n) is 4.49. The van der Waals surface area contributed by atoms with Crippen molar-refractivity contribution < 1.29 is 9.13 Å². The fourth-order valence-corrected chi connectivity index (χ4v) is 4.27. The number of fused-ring (bicyclic) bond motifs is 2. The van der Waals surface area contributed by atoms with E-state index in [4.69, 9.17) is 0 Å². The first-order valence-electron chi connectivity index (χ1n) is 8.14. The van der Waals surface area contributed by atoms with Crippen molar-refractivity contribution in [2.45, 2.75) is 6.42 Å². The summed E-state index contributed by atoms with van der Waals surface area (Å²) in [7, 11) is 4.24. The molecule has 3 heteroatoms. The van der Waals surface area contributed by atoms with Gasteiger partial charge in [0.2, 0.25) is 16.0 Å². The van der Waals surface area contributed by atoms with E-state index in [0.29, 0.717) is 0 Å². The number of thiazole rings is 1. The van der Waals surface area contributed by atoms with E-state index in [1.54, 1.807) is 0 Å². The summed E-state index contributed by atoms with van der Waals surface area (Å²) in [5, 5.41) is 2.66. The van der Waals surface area contributed by atoms with Crippen LogP contribution in [0.3, 0.4) is 0 Å². The van der Waals surface area contributed by atoms with E-state index < -0.39 is 0 Å². The predicted molar refractivity (Wildman–Crippen MR) is 101 cm³/mol. The van der Waals surface area contributed by atoms with Gasteiger partial charge in [0.25, 0.3) is 0 Å². The highest BCUT2D eigenvalue weighted by Gasteiger charge is 2.14. The molecular formula is C21H20N2S+2. The van der Waals surface area contributed by atoms with Crippen LogP contribution < -0.4 is 9.13 Å². The van der Waals surface area contributed by atoms with E-state index in [9.17, 15) is 0 Å². The number of hydrogen-bond acceptors (Lipinski definition) is 1. The number of nitrogens with zero attached hydrogens (tertiary/aromatic N) is 2. The molecule has 0 saturated heterocycles. The fourth-order valence-electron chi connectivity index (χ4n) is 3.15. The van der Waals surface area contributed by atoms with Gasteiger partial charge in [-0.25, -0.2) is 4.57 Å². The highest BCUT2D eigenvalue weighted by molar-refractivity contribution is 7.18. The summed E-state index contributed by atoms with van der Waals surface area (Å²) in [4.78, 5) is 0. The minimum atomic E-state index is 0.950. The van der Waals surface area contributed by atoms with Gasteiger partial charge in [-0.15, -0.1) is 0 Å². The van der Waals surface area contributed by atoms with Crippen molar-refractivity contribution in [1.82, 2.24) is 0 Å². The normalized spacial score (nSPS) is 11.8. The van der Waals surface area contributed by atoms with Crippen LogP contribution in [0, 0.1) is 0 Å². The zero-order valence-electron chi connectivity index (χ0n) is 13.9. The first kappa shape index (κ1) is 15.0. The van der Waals surface area contributed by atoms with Gasteiger partial charge in [0.05, 0.1) is 11.8 Å². The average molecular weight is 332 g/mol. The number of hydrogen-bond donors (Lipinski definition) is 0. The van der Waals surface area contributed by atoms with Crippen LogP contribution in [0.1, 0.15) is 10.6 Å². The first-order valence-corrected chi connectivity index (χ1v) is 8.96. The van der Waals surface area contributed by atoms with E-state index in [-0.39, 0.29) is 0 Å². The lowest BCUT2D eigenvalue weighted by Gasteiger charge is -2.00. The summed E-state index contributed by atoms with van der Waals surface area (Å²) in [6.07, 6.45) is 7.59. The van der Waals surface area contributed by atoms with Gasteiger partial charge in [-0.05, 0) is 17.7 Å². The average Bonchev–Trinajstić information content (AvgIpc) is 2.94. The maximum atomic E-state index is 2.30. The molecule has 24 heavy (non-hydrogen) atoms. The zero-order valence-corrected chi connectivity index (χ0v) is 14.8. The van der Waals surface area contributed by atoms with E-state index in [2.05, 4.69) is 96.2 Å². The van der Waals surface area contributed by atoms with Crippen molar-refractivity contribution in [3.8, 4) is 0 Å². The number of para-hydroxylation sites is 2. The van der Waals surface area contributed by atoms with Crippen LogP contribution in [-0.2, 0) is 20.5 Å². The number of rotatable bonds is 3. The molecule has 0 fully saturated rings. The SMILES string of the molecule is C[n+]1ccc(/C=C/Cc2sc3ccccc3[n+]2C)c2ccccc21. The fraction of sp³-hybridized carbons (Fsp3) is 0.143. The molecule has 0 amide bonds. The standard InChI is InChI=1S/C21H20N2S/c1-22-15-14-16(17-9-3-4-10-18(17)22)8-7-13-21-23(2)19-11-5-6-12-20(19)24-21/h3-12,14-15H,13H2,1-2H3/q+2/b8-7+. The van der Waals surface area contributed by atoms with Crippen LogP contribution in [0.25, 0.3) is 27.2 Å². The topological polar surface area (TPSA) is 7.76 Å². The molecule has 0 aliphatic heterocycles. The second kappa shape index (κ2) is 6.17. The highest BCUT2D eigenvalue weighted by atomic mass is 32.1. The lowest BCUT2D eigenvalue weighted by molar-refractivity contribution is -0.647. The maximum Gasteiger partial charge on any atom is 0.241 e. The minimum absolute atomic E-state index is 0.950. The summed E-state index contributed by atoms with van der Waals surface area (Å²) in [6.45, 7) is 0. The summed E-state index contributed by atoms with van der Waals surface area (Å²) >= 11 is 1.87. The molecule has 0 atom stereocenters. The Hall–Kier alpha value is -2.52. The van der Waals surface area contributed by atoms with Gasteiger partial charge in [0.1, 0.15) is 18.8 Å². The molecule has 0 spiro atoms. The molecule has 118 valence electrons. The number of pyridine rings is 1. The largest absolute Gasteiger partial charge is 0.241 e. The van der Waals surface area contributed by atoms with Crippen molar-refractivity contribution in [3.63, 3.8) is 0 Å². The van der Waals surface area contributed by atoms with E-state index in [0.717, 1.165) is 6.42 Å². The van der Waals surface area contributed by atoms with E-state index in [1.807, 2.05) is 11.3 Å². The smallest absolute Gasteiger partial charge is 0.201 e. The summed E-state index contributed by atoms with van der Waals surface area (Å²) in [5.74, 6) is 0. The lowest BCUT2D eigenvalue weighted by Crippen LogP contribution is -2.30. The second-order valence-corrected chi connectivity index (χ2v) is 7.14. The Bertz CT molecular complexity index is 1060. The Morgan fingerprint density at radius 1 is 0.917 bits per heavy atom. The van der Waals surface area contributed by atoms with Gasteiger partial charge in [0.15, 0.2) is 6.20 Å². The van der Waals surface area contributed by atoms with E-state index in [1.165, 1.54) is 31.7 Å². The monoisotopic (exact) mass is 332 g/mol. The van der Waals surface area contributed by atoms with Crippen molar-refractivity contribution in [1.29, 1.82) is 0 Å². The van der Waals surface area contributed by atoms with Crippen LogP contribution in [0.4, 0.5) is 0 Å². The molecule has 0 saturated carbocycles. The molecule has 4 aromatic rings. The molecule has 4 rings (SSSR count). The number of benzene rings is 2. The van der Waals surface area contributed by atoms with E-state index >= 15 is 0 Å². The van der Waals surface area contributed by atoms with Crippen LogP contribution in [0.5, 0.6) is 0 Å². The zero-order chi connectivity index (χ0) is 16.5. The van der Waals surface area contributed by atoms with Crippen molar-refractivity contribution in [3.05, 3.63) is 77.4 Å². The quantitative estimate of drug-likeness (QED) is 0.502. The van der Waals surface area contributed by atoms with Gasteiger partial charge in [-0.1, -0.05) is 47.8 Å². The summed E-state index contributed by atoms with van der Waals surface area (Å²) < 4.78 is 5.81. The molecule has 2 nitrogen and oxygen atoms in total. The molecule has 0 radical (unpaired) electrons. The van der Waals surface area contributed by atoms with Crippen molar-refractivity contribution in [2.75, 3.05) is 0 Å². The molecule has 2 heterocycles. The molecule has 2 aromatic heterocycles. The van der Waals surface area contributed by atoms with Crippen molar-refractivity contribution >= 4 is 38.5 Å². The van der Waals surface area contributed by atoms with Gasteiger partial charge in [-0.2, -0.15) is 4.57 Å². The number of aryl methyl sites for hydroxylation is 2. The summed E-state index contributed by atoms with van der Waals surface area (Å²) in [6, 6.07) is 19.3. The summed E-state index contributed by atoms with van der Waals surface area (Å²) in [5.41, 5.74) is 3.84. The number of aromatic nitrogens is 2. The van der Waals surface area contributed by atoms with Crippen LogP contribution in [0.15, 0.2) is 66.9 Å². The molecule has 0 unspecified atom stereocenters. The van der Waals surface area contributed by atoms with Gasteiger partial charge < -0.3 is 0 Å². The molecular weight excluding hydrogens is 312 g/mol. The van der Waals surface area contributed by atoms with Crippen LogP contribution >= 0.6 is 11.3 Å². The molecule has 0 bridgehead atoms. The minimum Gasteiger partial charge on any atom is -0.201 e. The Balaban J connectivity index is 1.66. The third kappa shape index (κ3) is 2.61. The number of allylic oxidation sites excluding steroid dienone is 1. The van der Waals surface area contributed by atoms with Crippen LogP contribution in [0.2, 0.25) is 0 Å². The van der Waals surface area contributed by atoms with Gasteiger partial charge in [-0.3, -0.25) is 0 Å². The maximum absolute atomic E-state index is 2.30. The van der Waals surface area contributed by atoms with Gasteiger partial charge in [0, 0.05) is 18.2 Å².